The second kappa shape index (κ2) is 10.6. The van der Waals surface area contributed by atoms with Gasteiger partial charge in [-0.3, -0.25) is 0 Å². The molecule has 1 rings (SSSR count). The molecule has 1 aliphatic rings. The van der Waals surface area contributed by atoms with E-state index in [0.717, 1.165) is 18.8 Å². The maximum absolute atomic E-state index is 10.1. The van der Waals surface area contributed by atoms with Gasteiger partial charge in [-0.15, -0.1) is 0 Å². The van der Waals surface area contributed by atoms with Crippen molar-refractivity contribution < 1.29 is 9.84 Å². The number of nitrogens with one attached hydrogen (secondary N) is 1. The van der Waals surface area contributed by atoms with Crippen molar-refractivity contribution in [1.29, 1.82) is 0 Å². The van der Waals surface area contributed by atoms with Crippen LogP contribution < -0.4 is 5.32 Å². The first-order valence-corrected chi connectivity index (χ1v) is 9.06. The minimum absolute atomic E-state index is 0.236. The summed E-state index contributed by atoms with van der Waals surface area (Å²) in [4.78, 5) is 0. The monoisotopic (exact) mass is 299 g/mol. The standard InChI is InChI=1S/C18H37NO2/c1-5-18(16-9-7-6-8-10-16)19-12-17(20)13-21-15(4)11-14(2)3/h14-20H,5-13H2,1-4H3. The highest BCUT2D eigenvalue weighted by Crippen LogP contribution is 2.27. The molecule has 0 bridgehead atoms. The molecule has 1 saturated carbocycles. The fraction of sp³-hybridized carbons (Fsp3) is 1.00. The summed E-state index contributed by atoms with van der Waals surface area (Å²) < 4.78 is 5.74. The zero-order chi connectivity index (χ0) is 15.7. The summed E-state index contributed by atoms with van der Waals surface area (Å²) in [5.41, 5.74) is 0. The lowest BCUT2D eigenvalue weighted by molar-refractivity contribution is -0.0101. The van der Waals surface area contributed by atoms with E-state index in [1.807, 2.05) is 0 Å². The van der Waals surface area contributed by atoms with E-state index in [2.05, 4.69) is 33.0 Å². The van der Waals surface area contributed by atoms with Crippen molar-refractivity contribution in [1.82, 2.24) is 5.32 Å². The van der Waals surface area contributed by atoms with Gasteiger partial charge in [-0.05, 0) is 44.4 Å². The van der Waals surface area contributed by atoms with Crippen LogP contribution in [-0.2, 0) is 4.74 Å². The molecule has 0 spiro atoms. The van der Waals surface area contributed by atoms with E-state index in [0.29, 0.717) is 25.1 Å². The third-order valence-corrected chi connectivity index (χ3v) is 4.65. The average molecular weight is 299 g/mol. The van der Waals surface area contributed by atoms with Crippen LogP contribution in [-0.4, -0.2) is 36.5 Å². The third-order valence-electron chi connectivity index (χ3n) is 4.65. The number of hydrogen-bond donors (Lipinski definition) is 2. The van der Waals surface area contributed by atoms with E-state index < -0.39 is 6.10 Å². The van der Waals surface area contributed by atoms with Crippen molar-refractivity contribution in [3.63, 3.8) is 0 Å². The SMILES string of the molecule is CCC(NCC(O)COC(C)CC(C)C)C1CCCCC1. The summed E-state index contributed by atoms with van der Waals surface area (Å²) in [6, 6.07) is 0.563. The van der Waals surface area contributed by atoms with Crippen LogP contribution >= 0.6 is 0 Å². The van der Waals surface area contributed by atoms with E-state index in [1.54, 1.807) is 0 Å². The number of hydrogen-bond acceptors (Lipinski definition) is 3. The first-order chi connectivity index (χ1) is 10.0. The Bertz CT molecular complexity index is 252. The molecule has 21 heavy (non-hydrogen) atoms. The third kappa shape index (κ3) is 8.18. The minimum atomic E-state index is -0.391. The first kappa shape index (κ1) is 18.9. The van der Waals surface area contributed by atoms with Crippen molar-refractivity contribution in [2.45, 2.75) is 90.9 Å². The van der Waals surface area contributed by atoms with Crippen LogP contribution in [0.25, 0.3) is 0 Å². The molecule has 3 unspecified atom stereocenters. The van der Waals surface area contributed by atoms with E-state index in [4.69, 9.17) is 4.74 Å². The summed E-state index contributed by atoms with van der Waals surface area (Å²) in [5.74, 6) is 1.45. The summed E-state index contributed by atoms with van der Waals surface area (Å²) in [6.45, 7) is 9.85. The second-order valence-corrected chi connectivity index (χ2v) is 7.25. The number of aliphatic hydroxyl groups excluding tert-OH is 1. The molecule has 0 saturated heterocycles. The molecule has 1 aliphatic carbocycles. The highest BCUT2D eigenvalue weighted by molar-refractivity contribution is 4.79. The van der Waals surface area contributed by atoms with Crippen LogP contribution in [0.3, 0.4) is 0 Å². The molecular formula is C18H37NO2. The highest BCUT2D eigenvalue weighted by Gasteiger charge is 2.22. The van der Waals surface area contributed by atoms with Crippen LogP contribution in [0.15, 0.2) is 0 Å². The molecular weight excluding hydrogens is 262 g/mol. The van der Waals surface area contributed by atoms with Crippen molar-refractivity contribution in [2.75, 3.05) is 13.2 Å². The van der Waals surface area contributed by atoms with E-state index in [9.17, 15) is 5.11 Å². The Kier molecular flexibility index (Phi) is 9.54. The van der Waals surface area contributed by atoms with Gasteiger partial charge in [0, 0.05) is 12.6 Å². The van der Waals surface area contributed by atoms with Crippen LogP contribution in [0, 0.1) is 11.8 Å². The average Bonchev–Trinajstić information content (AvgIpc) is 2.46. The Labute approximate surface area is 131 Å². The van der Waals surface area contributed by atoms with Gasteiger partial charge in [0.05, 0.1) is 18.8 Å². The summed E-state index contributed by atoms with van der Waals surface area (Å²) >= 11 is 0. The lowest BCUT2D eigenvalue weighted by Crippen LogP contribution is -2.42. The molecule has 3 heteroatoms. The Hall–Kier alpha value is -0.120. The fourth-order valence-electron chi connectivity index (χ4n) is 3.53. The molecule has 0 aromatic carbocycles. The minimum Gasteiger partial charge on any atom is -0.389 e. The van der Waals surface area contributed by atoms with Gasteiger partial charge in [0.2, 0.25) is 0 Å². The Morgan fingerprint density at radius 2 is 1.81 bits per heavy atom. The maximum Gasteiger partial charge on any atom is 0.0897 e. The predicted molar refractivity (Wildman–Crippen MR) is 89.5 cm³/mol. The molecule has 0 aliphatic heterocycles. The molecule has 0 aromatic heterocycles. The zero-order valence-corrected chi connectivity index (χ0v) is 14.6. The van der Waals surface area contributed by atoms with Crippen LogP contribution in [0.5, 0.6) is 0 Å². The molecule has 2 N–H and O–H groups in total. The normalized spacial score (nSPS) is 21.4. The molecule has 0 heterocycles. The van der Waals surface area contributed by atoms with Gasteiger partial charge in [-0.2, -0.15) is 0 Å². The predicted octanol–water partition coefficient (Wildman–Crippen LogP) is 3.75. The summed E-state index contributed by atoms with van der Waals surface area (Å²) in [5, 5.41) is 13.7. The smallest absolute Gasteiger partial charge is 0.0897 e. The van der Waals surface area contributed by atoms with Gasteiger partial charge < -0.3 is 15.2 Å². The first-order valence-electron chi connectivity index (χ1n) is 9.06. The quantitative estimate of drug-likeness (QED) is 0.645. The van der Waals surface area contributed by atoms with Gasteiger partial charge in [0.25, 0.3) is 0 Å². The lowest BCUT2D eigenvalue weighted by atomic mass is 9.83. The molecule has 1 fully saturated rings. The number of ether oxygens (including phenoxy) is 1. The number of aliphatic hydroxyl groups is 1. The van der Waals surface area contributed by atoms with Gasteiger partial charge >= 0.3 is 0 Å². The zero-order valence-electron chi connectivity index (χ0n) is 14.6. The molecule has 126 valence electrons. The second-order valence-electron chi connectivity index (χ2n) is 7.25. The Balaban J connectivity index is 2.19. The largest absolute Gasteiger partial charge is 0.389 e. The topological polar surface area (TPSA) is 41.5 Å². The number of rotatable bonds is 10. The summed E-state index contributed by atoms with van der Waals surface area (Å²) in [7, 11) is 0. The molecule has 0 amide bonds. The van der Waals surface area contributed by atoms with Crippen LogP contribution in [0.2, 0.25) is 0 Å². The Morgan fingerprint density at radius 3 is 2.38 bits per heavy atom. The fourth-order valence-corrected chi connectivity index (χ4v) is 3.53. The van der Waals surface area contributed by atoms with Gasteiger partial charge in [0.1, 0.15) is 0 Å². The maximum atomic E-state index is 10.1. The van der Waals surface area contributed by atoms with Crippen molar-refractivity contribution in [3.05, 3.63) is 0 Å². The van der Waals surface area contributed by atoms with Gasteiger partial charge in [0.15, 0.2) is 0 Å². The van der Waals surface area contributed by atoms with Gasteiger partial charge in [-0.1, -0.05) is 40.0 Å². The van der Waals surface area contributed by atoms with Crippen LogP contribution in [0.4, 0.5) is 0 Å². The molecule has 3 atom stereocenters. The highest BCUT2D eigenvalue weighted by atomic mass is 16.5. The van der Waals surface area contributed by atoms with E-state index in [-0.39, 0.29) is 6.10 Å². The van der Waals surface area contributed by atoms with Crippen molar-refractivity contribution in [2.24, 2.45) is 11.8 Å². The summed E-state index contributed by atoms with van der Waals surface area (Å²) in [6.07, 6.45) is 8.91. The van der Waals surface area contributed by atoms with Crippen LogP contribution in [0.1, 0.15) is 72.6 Å². The molecule has 0 aromatic rings. The Morgan fingerprint density at radius 1 is 1.14 bits per heavy atom. The molecule has 0 radical (unpaired) electrons. The van der Waals surface area contributed by atoms with E-state index in [1.165, 1.54) is 32.1 Å². The van der Waals surface area contributed by atoms with Crippen molar-refractivity contribution in [3.8, 4) is 0 Å². The lowest BCUT2D eigenvalue weighted by Gasteiger charge is -2.31. The van der Waals surface area contributed by atoms with Crippen molar-refractivity contribution >= 4 is 0 Å². The van der Waals surface area contributed by atoms with Gasteiger partial charge in [-0.25, -0.2) is 0 Å². The van der Waals surface area contributed by atoms with E-state index >= 15 is 0 Å². The molecule has 3 nitrogen and oxygen atoms in total.